The van der Waals surface area contributed by atoms with Crippen LogP contribution in [-0.4, -0.2) is 24.0 Å². The molecule has 1 aromatic carbocycles. The van der Waals surface area contributed by atoms with Crippen LogP contribution in [0.1, 0.15) is 69.1 Å². The third-order valence-corrected chi connectivity index (χ3v) is 8.85. The zero-order valence-electron chi connectivity index (χ0n) is 16.6. The fourth-order valence-corrected chi connectivity index (χ4v) is 7.69. The highest BCUT2D eigenvalue weighted by molar-refractivity contribution is 5.38. The van der Waals surface area contributed by atoms with E-state index in [-0.39, 0.29) is 0 Å². The standard InChI is InChI=1S/C24H35N/c1-5-16-6-8-18-17(12-16)7-9-20-19(18)10-11-22-21(20)13-23(15(2)3)24(22)14-25(24)4/h6,8,12,15,19-23H,5,7,9-11,13-14H2,1-4H3/t19-,20-,21+,22+,23?,24?,25?/m1/s1. The molecule has 1 spiro atoms. The lowest BCUT2D eigenvalue weighted by atomic mass is 9.60. The third kappa shape index (κ3) is 2.17. The van der Waals surface area contributed by atoms with Crippen molar-refractivity contribution in [1.82, 2.24) is 4.90 Å². The Kier molecular flexibility index (Phi) is 3.66. The summed E-state index contributed by atoms with van der Waals surface area (Å²) in [4.78, 5) is 2.72. The molecule has 0 aromatic heterocycles. The molecule has 1 nitrogen and oxygen atoms in total. The maximum Gasteiger partial charge on any atom is 0.0395 e. The summed E-state index contributed by atoms with van der Waals surface area (Å²) in [6.45, 7) is 8.63. The zero-order valence-corrected chi connectivity index (χ0v) is 16.6. The maximum absolute atomic E-state index is 2.72. The van der Waals surface area contributed by atoms with E-state index < -0.39 is 0 Å². The van der Waals surface area contributed by atoms with Gasteiger partial charge in [-0.05, 0) is 97.8 Å². The van der Waals surface area contributed by atoms with Crippen LogP contribution in [0.15, 0.2) is 18.2 Å². The van der Waals surface area contributed by atoms with E-state index in [2.05, 4.69) is 50.9 Å². The Hall–Kier alpha value is -0.820. The van der Waals surface area contributed by atoms with Crippen molar-refractivity contribution in [1.29, 1.82) is 0 Å². The van der Waals surface area contributed by atoms with E-state index in [0.717, 1.165) is 35.5 Å². The lowest BCUT2D eigenvalue weighted by molar-refractivity contribution is 0.114. The zero-order chi connectivity index (χ0) is 17.3. The lowest BCUT2D eigenvalue weighted by Gasteiger charge is -2.45. The average molecular weight is 338 g/mol. The number of rotatable bonds is 2. The highest BCUT2D eigenvalue weighted by Gasteiger charge is 2.68. The van der Waals surface area contributed by atoms with Gasteiger partial charge in [-0.15, -0.1) is 0 Å². The minimum atomic E-state index is 0.593. The molecule has 0 bridgehead atoms. The largest absolute Gasteiger partial charge is 0.297 e. The number of hydrogen-bond acceptors (Lipinski definition) is 1. The van der Waals surface area contributed by atoms with E-state index in [1.54, 1.807) is 11.1 Å². The Morgan fingerprint density at radius 3 is 2.64 bits per heavy atom. The molecule has 1 aromatic rings. The number of nitrogens with zero attached hydrogens (tertiary/aromatic N) is 1. The molecular weight excluding hydrogens is 302 g/mol. The molecule has 2 saturated carbocycles. The molecular formula is C24H35N. The van der Waals surface area contributed by atoms with Crippen molar-refractivity contribution >= 4 is 0 Å². The van der Waals surface area contributed by atoms with Crippen molar-refractivity contribution in [2.75, 3.05) is 13.6 Å². The topological polar surface area (TPSA) is 3.01 Å². The first-order valence-electron chi connectivity index (χ1n) is 10.9. The van der Waals surface area contributed by atoms with E-state index in [0.29, 0.717) is 5.54 Å². The SMILES string of the molecule is CCc1ccc2c(c1)CC[C@H]1[C@@H]3CC(C(C)C)C4(CN4C)[C@H]3CC[C@H]21. The first-order chi connectivity index (χ1) is 12.1. The number of aryl methyl sites for hydroxylation is 2. The Morgan fingerprint density at radius 1 is 1.16 bits per heavy atom. The quantitative estimate of drug-likeness (QED) is 0.663. The fraction of sp³-hybridized carbons (Fsp3) is 0.750. The second-order valence-corrected chi connectivity index (χ2v) is 9.98. The van der Waals surface area contributed by atoms with E-state index >= 15 is 0 Å². The van der Waals surface area contributed by atoms with Crippen LogP contribution >= 0.6 is 0 Å². The molecule has 0 radical (unpaired) electrons. The summed E-state index contributed by atoms with van der Waals surface area (Å²) in [5.74, 6) is 5.60. The van der Waals surface area contributed by atoms with Crippen molar-refractivity contribution in [2.24, 2.45) is 29.6 Å². The van der Waals surface area contributed by atoms with Crippen LogP contribution in [0.2, 0.25) is 0 Å². The summed E-state index contributed by atoms with van der Waals surface area (Å²) >= 11 is 0. The van der Waals surface area contributed by atoms with E-state index in [1.807, 2.05) is 0 Å². The molecule has 0 N–H and O–H groups in total. The normalized spacial score (nSPS) is 44.5. The summed E-state index contributed by atoms with van der Waals surface area (Å²) < 4.78 is 0. The van der Waals surface area contributed by atoms with Gasteiger partial charge in [0.05, 0.1) is 0 Å². The van der Waals surface area contributed by atoms with Gasteiger partial charge in [-0.25, -0.2) is 0 Å². The van der Waals surface area contributed by atoms with Gasteiger partial charge in [0.1, 0.15) is 0 Å². The van der Waals surface area contributed by atoms with Crippen LogP contribution in [0.5, 0.6) is 0 Å². The molecule has 1 heteroatoms. The molecule has 4 aliphatic rings. The van der Waals surface area contributed by atoms with Crippen molar-refractivity contribution in [3.05, 3.63) is 34.9 Å². The first-order valence-corrected chi connectivity index (χ1v) is 10.9. The molecule has 5 rings (SSSR count). The van der Waals surface area contributed by atoms with Gasteiger partial charge in [-0.3, -0.25) is 4.90 Å². The van der Waals surface area contributed by atoms with Gasteiger partial charge < -0.3 is 0 Å². The summed E-state index contributed by atoms with van der Waals surface area (Å²) in [6.07, 6.45) is 8.41. The summed E-state index contributed by atoms with van der Waals surface area (Å²) in [5, 5.41) is 0. The van der Waals surface area contributed by atoms with E-state index in [9.17, 15) is 0 Å². The van der Waals surface area contributed by atoms with Gasteiger partial charge >= 0.3 is 0 Å². The first kappa shape index (κ1) is 16.4. The summed E-state index contributed by atoms with van der Waals surface area (Å²) in [7, 11) is 2.40. The van der Waals surface area contributed by atoms with Crippen molar-refractivity contribution in [2.45, 2.75) is 70.8 Å². The molecule has 136 valence electrons. The second kappa shape index (κ2) is 5.59. The molecule has 25 heavy (non-hydrogen) atoms. The monoisotopic (exact) mass is 337 g/mol. The van der Waals surface area contributed by atoms with Crippen LogP contribution in [0.25, 0.3) is 0 Å². The highest BCUT2D eigenvalue weighted by atomic mass is 15.4. The van der Waals surface area contributed by atoms with Gasteiger partial charge in [-0.1, -0.05) is 39.0 Å². The van der Waals surface area contributed by atoms with Gasteiger partial charge in [-0.2, -0.15) is 0 Å². The minimum Gasteiger partial charge on any atom is -0.297 e. The van der Waals surface area contributed by atoms with Gasteiger partial charge in [0.25, 0.3) is 0 Å². The van der Waals surface area contributed by atoms with E-state index in [4.69, 9.17) is 0 Å². The summed E-state index contributed by atoms with van der Waals surface area (Å²) in [5.41, 5.74) is 5.55. The smallest absolute Gasteiger partial charge is 0.0395 e. The van der Waals surface area contributed by atoms with Gasteiger partial charge in [0.15, 0.2) is 0 Å². The number of fused-ring (bicyclic) bond motifs is 6. The molecule has 0 amide bonds. The van der Waals surface area contributed by atoms with Gasteiger partial charge in [0, 0.05) is 12.1 Å². The molecule has 3 fully saturated rings. The highest BCUT2D eigenvalue weighted by Crippen LogP contribution is 2.66. The van der Waals surface area contributed by atoms with Gasteiger partial charge in [0.2, 0.25) is 0 Å². The average Bonchev–Trinajstić information content (AvgIpc) is 3.15. The number of benzene rings is 1. The molecule has 3 aliphatic carbocycles. The maximum atomic E-state index is 2.72. The van der Waals surface area contributed by atoms with Crippen LogP contribution < -0.4 is 0 Å². The van der Waals surface area contributed by atoms with Crippen LogP contribution in [0.3, 0.4) is 0 Å². The predicted molar refractivity (Wildman–Crippen MR) is 105 cm³/mol. The predicted octanol–water partition coefficient (Wildman–Crippen LogP) is 5.28. The second-order valence-electron chi connectivity index (χ2n) is 9.98. The number of likely N-dealkylation sites (N-methyl/N-ethyl adjacent to an activating group) is 1. The third-order valence-electron chi connectivity index (χ3n) is 8.85. The molecule has 3 unspecified atom stereocenters. The lowest BCUT2D eigenvalue weighted by Crippen LogP contribution is -2.40. The van der Waals surface area contributed by atoms with Crippen LogP contribution in [-0.2, 0) is 12.8 Å². The van der Waals surface area contributed by atoms with Crippen LogP contribution in [0.4, 0.5) is 0 Å². The Morgan fingerprint density at radius 2 is 1.96 bits per heavy atom. The number of hydrogen-bond donors (Lipinski definition) is 0. The summed E-state index contributed by atoms with van der Waals surface area (Å²) in [6, 6.07) is 7.45. The fourth-order valence-electron chi connectivity index (χ4n) is 7.69. The Bertz CT molecular complexity index is 677. The van der Waals surface area contributed by atoms with E-state index in [1.165, 1.54) is 50.6 Å². The van der Waals surface area contributed by atoms with Crippen molar-refractivity contribution < 1.29 is 0 Å². The molecule has 1 heterocycles. The van der Waals surface area contributed by atoms with Crippen molar-refractivity contribution in [3.8, 4) is 0 Å². The Labute approximate surface area is 154 Å². The minimum absolute atomic E-state index is 0.593. The molecule has 7 atom stereocenters. The molecule has 1 saturated heterocycles. The molecule has 1 aliphatic heterocycles. The van der Waals surface area contributed by atoms with Crippen molar-refractivity contribution in [3.63, 3.8) is 0 Å². The van der Waals surface area contributed by atoms with Crippen LogP contribution in [0, 0.1) is 29.6 Å². The Balaban J connectivity index is 1.47.